The number of fused-ring (bicyclic) bond motifs is 1. The quantitative estimate of drug-likeness (QED) is 0.754. The number of rotatable bonds is 5. The molecule has 1 aliphatic rings. The van der Waals surface area contributed by atoms with E-state index in [9.17, 15) is 4.79 Å². The molecular formula is C19H25BrN2O3. The molecule has 0 spiro atoms. The zero-order valence-electron chi connectivity index (χ0n) is 15.0. The van der Waals surface area contributed by atoms with E-state index in [-0.39, 0.29) is 5.97 Å². The predicted octanol–water partition coefficient (Wildman–Crippen LogP) is 4.16. The van der Waals surface area contributed by atoms with Gasteiger partial charge in [-0.15, -0.1) is 0 Å². The molecule has 1 aromatic carbocycles. The molecule has 0 saturated heterocycles. The number of hydrogen-bond acceptors (Lipinski definition) is 4. The maximum absolute atomic E-state index is 12.5. The summed E-state index contributed by atoms with van der Waals surface area (Å²) in [6.45, 7) is 0.653. The second kappa shape index (κ2) is 7.79. The van der Waals surface area contributed by atoms with Gasteiger partial charge in [0.2, 0.25) is 0 Å². The molecule has 3 rings (SSSR count). The molecule has 1 heterocycles. The molecule has 5 nitrogen and oxygen atoms in total. The summed E-state index contributed by atoms with van der Waals surface area (Å²) in [4.78, 5) is 12.5. The van der Waals surface area contributed by atoms with Gasteiger partial charge in [-0.2, -0.15) is 0 Å². The van der Waals surface area contributed by atoms with Gasteiger partial charge in [-0.3, -0.25) is 0 Å². The van der Waals surface area contributed by atoms with Crippen molar-refractivity contribution < 1.29 is 14.3 Å². The topological polar surface area (TPSA) is 52.5 Å². The molecule has 0 aliphatic heterocycles. The van der Waals surface area contributed by atoms with Crippen molar-refractivity contribution in [1.82, 2.24) is 9.88 Å². The molecular weight excluding hydrogens is 384 g/mol. The van der Waals surface area contributed by atoms with Gasteiger partial charge in [-0.25, -0.2) is 4.79 Å². The molecule has 0 bridgehead atoms. The summed E-state index contributed by atoms with van der Waals surface area (Å²) in [6.07, 6.45) is 6.29. The summed E-state index contributed by atoms with van der Waals surface area (Å²) in [5.74, 6) is 0.394. The molecule has 2 aromatic rings. The van der Waals surface area contributed by atoms with E-state index in [2.05, 4.69) is 25.8 Å². The number of aromatic nitrogens is 1. The van der Waals surface area contributed by atoms with Crippen molar-refractivity contribution in [2.75, 3.05) is 14.2 Å². The van der Waals surface area contributed by atoms with E-state index in [1.165, 1.54) is 39.2 Å². The van der Waals surface area contributed by atoms with Crippen molar-refractivity contribution in [2.45, 2.75) is 44.7 Å². The van der Waals surface area contributed by atoms with E-state index >= 15 is 0 Å². The number of hydrogen-bond donors (Lipinski definition) is 1. The molecule has 0 radical (unpaired) electrons. The summed E-state index contributed by atoms with van der Waals surface area (Å²) in [6, 6.07) is 4.42. The number of nitrogens with zero attached hydrogens (tertiary/aromatic N) is 1. The highest BCUT2D eigenvalue weighted by Crippen LogP contribution is 2.35. The Morgan fingerprint density at radius 1 is 1.28 bits per heavy atom. The predicted molar refractivity (Wildman–Crippen MR) is 102 cm³/mol. The largest absolute Gasteiger partial charge is 0.496 e. The Morgan fingerprint density at radius 3 is 2.64 bits per heavy atom. The minimum atomic E-state index is -0.310. The lowest BCUT2D eigenvalue weighted by atomic mass is 9.95. The fourth-order valence-electron chi connectivity index (χ4n) is 3.73. The summed E-state index contributed by atoms with van der Waals surface area (Å²) in [7, 11) is 5.04. The summed E-state index contributed by atoms with van der Waals surface area (Å²) in [5, 5.41) is 4.49. The van der Waals surface area contributed by atoms with E-state index in [0.717, 1.165) is 21.1 Å². The zero-order chi connectivity index (χ0) is 18.0. The molecule has 1 N–H and O–H groups in total. The molecule has 25 heavy (non-hydrogen) atoms. The maximum Gasteiger partial charge on any atom is 0.340 e. The molecule has 136 valence electrons. The van der Waals surface area contributed by atoms with Crippen LogP contribution in [0.4, 0.5) is 0 Å². The van der Waals surface area contributed by atoms with Crippen LogP contribution < -0.4 is 10.1 Å². The van der Waals surface area contributed by atoms with Crippen molar-refractivity contribution >= 4 is 32.8 Å². The molecule has 0 unspecified atom stereocenters. The van der Waals surface area contributed by atoms with E-state index in [4.69, 9.17) is 9.47 Å². The Hall–Kier alpha value is -1.53. The van der Waals surface area contributed by atoms with Crippen LogP contribution in [-0.4, -0.2) is 30.8 Å². The number of methoxy groups -OCH3 is 2. The summed E-state index contributed by atoms with van der Waals surface area (Å²) < 4.78 is 13.4. The fraction of sp³-hybridized carbons (Fsp3) is 0.526. The monoisotopic (exact) mass is 408 g/mol. The third-order valence-corrected chi connectivity index (χ3v) is 5.77. The van der Waals surface area contributed by atoms with Gasteiger partial charge < -0.3 is 19.4 Å². The van der Waals surface area contributed by atoms with Crippen LogP contribution in [0.25, 0.3) is 10.9 Å². The van der Waals surface area contributed by atoms with Crippen LogP contribution in [-0.2, 0) is 18.3 Å². The SMILES string of the molecule is COC(=O)c1c(CNC2CCCCC2)n(C)c2cc(Br)c(OC)cc12. The van der Waals surface area contributed by atoms with Gasteiger partial charge in [0.25, 0.3) is 0 Å². The van der Waals surface area contributed by atoms with E-state index in [1.807, 2.05) is 19.2 Å². The van der Waals surface area contributed by atoms with Crippen LogP contribution in [0.2, 0.25) is 0 Å². The first-order chi connectivity index (χ1) is 12.1. The van der Waals surface area contributed by atoms with Gasteiger partial charge in [-0.05, 0) is 40.9 Å². The summed E-state index contributed by atoms with van der Waals surface area (Å²) >= 11 is 3.53. The summed E-state index contributed by atoms with van der Waals surface area (Å²) in [5.41, 5.74) is 2.55. The number of esters is 1. The number of benzene rings is 1. The average molecular weight is 409 g/mol. The van der Waals surface area contributed by atoms with Gasteiger partial charge in [0.05, 0.1) is 29.8 Å². The average Bonchev–Trinajstić information content (AvgIpc) is 2.90. The van der Waals surface area contributed by atoms with Crippen LogP contribution in [0.1, 0.15) is 48.2 Å². The Kier molecular flexibility index (Phi) is 5.69. The highest BCUT2D eigenvalue weighted by Gasteiger charge is 2.24. The highest BCUT2D eigenvalue weighted by atomic mass is 79.9. The number of nitrogens with one attached hydrogen (secondary N) is 1. The molecule has 1 fully saturated rings. The molecule has 1 aliphatic carbocycles. The number of halogens is 1. The van der Waals surface area contributed by atoms with Crippen LogP contribution in [0, 0.1) is 0 Å². The van der Waals surface area contributed by atoms with Crippen LogP contribution in [0.3, 0.4) is 0 Å². The molecule has 6 heteroatoms. The Labute approximate surface area is 156 Å². The lowest BCUT2D eigenvalue weighted by molar-refractivity contribution is 0.0601. The number of carbonyl (C=O) groups is 1. The second-order valence-corrected chi connectivity index (χ2v) is 7.45. The van der Waals surface area contributed by atoms with Crippen molar-refractivity contribution in [3.05, 3.63) is 27.9 Å². The van der Waals surface area contributed by atoms with E-state index in [0.29, 0.717) is 23.9 Å². The van der Waals surface area contributed by atoms with Gasteiger partial charge in [0.1, 0.15) is 5.75 Å². The Morgan fingerprint density at radius 2 is 2.00 bits per heavy atom. The van der Waals surface area contributed by atoms with Gasteiger partial charge in [0.15, 0.2) is 0 Å². The lowest BCUT2D eigenvalue weighted by Gasteiger charge is -2.23. The molecule has 0 amide bonds. The van der Waals surface area contributed by atoms with Crippen LogP contribution >= 0.6 is 15.9 Å². The molecule has 1 saturated carbocycles. The second-order valence-electron chi connectivity index (χ2n) is 6.59. The van der Waals surface area contributed by atoms with Crippen molar-refractivity contribution in [3.8, 4) is 5.75 Å². The normalized spacial score (nSPS) is 15.5. The minimum Gasteiger partial charge on any atom is -0.496 e. The van der Waals surface area contributed by atoms with Crippen LogP contribution in [0.15, 0.2) is 16.6 Å². The lowest BCUT2D eigenvalue weighted by Crippen LogP contribution is -2.31. The maximum atomic E-state index is 12.5. The van der Waals surface area contributed by atoms with E-state index < -0.39 is 0 Å². The van der Waals surface area contributed by atoms with Crippen molar-refractivity contribution in [3.63, 3.8) is 0 Å². The van der Waals surface area contributed by atoms with Crippen molar-refractivity contribution in [2.24, 2.45) is 7.05 Å². The number of carbonyl (C=O) groups excluding carboxylic acids is 1. The molecule has 1 aromatic heterocycles. The Balaban J connectivity index is 2.02. The fourth-order valence-corrected chi connectivity index (χ4v) is 4.22. The highest BCUT2D eigenvalue weighted by molar-refractivity contribution is 9.10. The van der Waals surface area contributed by atoms with Crippen LogP contribution in [0.5, 0.6) is 5.75 Å². The van der Waals surface area contributed by atoms with Crippen molar-refractivity contribution in [1.29, 1.82) is 0 Å². The first kappa shape index (κ1) is 18.3. The van der Waals surface area contributed by atoms with Gasteiger partial charge in [-0.1, -0.05) is 19.3 Å². The smallest absolute Gasteiger partial charge is 0.340 e. The standard InChI is InChI=1S/C19H25BrN2O3/c1-22-15-10-14(20)17(24-2)9-13(15)18(19(23)25-3)16(22)11-21-12-7-5-4-6-8-12/h9-10,12,21H,4-8,11H2,1-3H3. The zero-order valence-corrected chi connectivity index (χ0v) is 16.6. The third kappa shape index (κ3) is 3.55. The number of ether oxygens (including phenoxy) is 2. The van der Waals surface area contributed by atoms with Gasteiger partial charge >= 0.3 is 5.97 Å². The minimum absolute atomic E-state index is 0.310. The number of aryl methyl sites for hydroxylation is 1. The van der Waals surface area contributed by atoms with E-state index in [1.54, 1.807) is 7.11 Å². The first-order valence-corrected chi connectivity index (χ1v) is 9.52. The Bertz CT molecular complexity index is 779. The first-order valence-electron chi connectivity index (χ1n) is 8.73. The third-order valence-electron chi connectivity index (χ3n) is 5.15. The molecule has 0 atom stereocenters. The van der Waals surface area contributed by atoms with Gasteiger partial charge in [0, 0.05) is 30.7 Å².